The Hall–Kier alpha value is -1.95. The topological polar surface area (TPSA) is 52.6 Å². The van der Waals surface area contributed by atoms with Crippen molar-refractivity contribution in [2.45, 2.75) is 58.5 Å². The standard InChI is InChI=1S/C21H30FN3O2/c1-20(2,3)16-8-10-21(11-9-16)18(26)25(19(27)23-21)14-24(4)13-15-6-5-7-17(22)12-15/h5-7,12,16H,8-11,13-14H2,1-4H3,(H,23,27). The van der Waals surface area contributed by atoms with Crippen molar-refractivity contribution in [1.82, 2.24) is 15.1 Å². The molecule has 148 valence electrons. The molecule has 6 heteroatoms. The van der Waals surface area contributed by atoms with Gasteiger partial charge in [0.25, 0.3) is 5.91 Å². The minimum atomic E-state index is -0.738. The number of imide groups is 1. The van der Waals surface area contributed by atoms with Crippen LogP contribution < -0.4 is 5.32 Å². The van der Waals surface area contributed by atoms with Gasteiger partial charge in [0, 0.05) is 6.54 Å². The van der Waals surface area contributed by atoms with Crippen LogP contribution >= 0.6 is 0 Å². The van der Waals surface area contributed by atoms with E-state index in [1.54, 1.807) is 6.07 Å². The number of hydrogen-bond acceptors (Lipinski definition) is 3. The summed E-state index contributed by atoms with van der Waals surface area (Å²) in [5, 5.41) is 2.97. The molecule has 5 nitrogen and oxygen atoms in total. The van der Waals surface area contributed by atoms with Gasteiger partial charge < -0.3 is 5.32 Å². The molecule has 3 amide bonds. The number of halogens is 1. The number of amides is 3. The fraction of sp³-hybridized carbons (Fsp3) is 0.619. The first-order chi connectivity index (χ1) is 12.6. The summed E-state index contributed by atoms with van der Waals surface area (Å²) in [4.78, 5) is 28.7. The maximum absolute atomic E-state index is 13.4. The molecule has 0 bridgehead atoms. The third-order valence-corrected chi connectivity index (χ3v) is 6.03. The first-order valence-corrected chi connectivity index (χ1v) is 9.68. The van der Waals surface area contributed by atoms with Gasteiger partial charge in [-0.05, 0) is 61.8 Å². The van der Waals surface area contributed by atoms with Gasteiger partial charge in [-0.25, -0.2) is 14.1 Å². The third-order valence-electron chi connectivity index (χ3n) is 6.03. The van der Waals surface area contributed by atoms with E-state index in [1.807, 2.05) is 18.0 Å². The average molecular weight is 375 g/mol. The highest BCUT2D eigenvalue weighted by molar-refractivity contribution is 6.07. The van der Waals surface area contributed by atoms with Crippen LogP contribution in [0.5, 0.6) is 0 Å². The van der Waals surface area contributed by atoms with E-state index in [2.05, 4.69) is 26.1 Å². The van der Waals surface area contributed by atoms with Gasteiger partial charge in [-0.1, -0.05) is 32.9 Å². The zero-order chi connectivity index (χ0) is 19.8. The Balaban J connectivity index is 1.63. The molecule has 0 radical (unpaired) electrons. The second-order valence-corrected chi connectivity index (χ2v) is 9.17. The molecule has 1 aromatic rings. The Bertz CT molecular complexity index is 720. The van der Waals surface area contributed by atoms with Crippen LogP contribution in [0, 0.1) is 17.2 Å². The monoisotopic (exact) mass is 375 g/mol. The largest absolute Gasteiger partial charge is 0.326 e. The van der Waals surface area contributed by atoms with Crippen LogP contribution in [0.1, 0.15) is 52.0 Å². The van der Waals surface area contributed by atoms with Gasteiger partial charge in [0.1, 0.15) is 11.4 Å². The first kappa shape index (κ1) is 19.8. The van der Waals surface area contributed by atoms with Crippen LogP contribution in [-0.4, -0.2) is 41.0 Å². The summed E-state index contributed by atoms with van der Waals surface area (Å²) in [5.74, 6) is 0.161. The molecule has 0 unspecified atom stereocenters. The lowest BCUT2D eigenvalue weighted by molar-refractivity contribution is -0.134. The first-order valence-electron chi connectivity index (χ1n) is 9.68. The van der Waals surface area contributed by atoms with E-state index in [0.717, 1.165) is 18.4 Å². The number of carbonyl (C=O) groups excluding carboxylic acids is 2. The summed E-state index contributed by atoms with van der Waals surface area (Å²) in [6, 6.07) is 6.05. The van der Waals surface area contributed by atoms with E-state index in [1.165, 1.54) is 17.0 Å². The van der Waals surface area contributed by atoms with E-state index in [0.29, 0.717) is 25.3 Å². The minimum Gasteiger partial charge on any atom is -0.323 e. The number of carbonyl (C=O) groups is 2. The highest BCUT2D eigenvalue weighted by atomic mass is 19.1. The second kappa shape index (κ2) is 7.23. The number of nitrogens with one attached hydrogen (secondary N) is 1. The summed E-state index contributed by atoms with van der Waals surface area (Å²) in [6.07, 6.45) is 3.29. The number of rotatable bonds is 4. The molecule has 3 rings (SSSR count). The molecular weight excluding hydrogens is 345 g/mol. The van der Waals surface area contributed by atoms with Crippen molar-refractivity contribution in [2.75, 3.05) is 13.7 Å². The van der Waals surface area contributed by atoms with Crippen LogP contribution in [0.4, 0.5) is 9.18 Å². The number of benzene rings is 1. The molecule has 1 spiro atoms. The minimum absolute atomic E-state index is 0.119. The van der Waals surface area contributed by atoms with E-state index in [4.69, 9.17) is 0 Å². The SMILES string of the molecule is CN(Cc1cccc(F)c1)CN1C(=O)NC2(CCC(C(C)(C)C)CC2)C1=O. The molecule has 0 aromatic heterocycles. The van der Waals surface area contributed by atoms with Crippen molar-refractivity contribution in [3.63, 3.8) is 0 Å². The summed E-state index contributed by atoms with van der Waals surface area (Å²) < 4.78 is 13.4. The maximum atomic E-state index is 13.4. The van der Waals surface area contributed by atoms with Crippen molar-refractivity contribution >= 4 is 11.9 Å². The van der Waals surface area contributed by atoms with E-state index >= 15 is 0 Å². The van der Waals surface area contributed by atoms with Gasteiger partial charge in [0.2, 0.25) is 0 Å². The Morgan fingerprint density at radius 1 is 1.26 bits per heavy atom. The molecule has 1 aliphatic carbocycles. The second-order valence-electron chi connectivity index (χ2n) is 9.17. The van der Waals surface area contributed by atoms with Gasteiger partial charge >= 0.3 is 6.03 Å². The van der Waals surface area contributed by atoms with Crippen molar-refractivity contribution in [3.05, 3.63) is 35.6 Å². The molecule has 1 aliphatic heterocycles. The number of hydrogen-bond donors (Lipinski definition) is 1. The van der Waals surface area contributed by atoms with Crippen molar-refractivity contribution < 1.29 is 14.0 Å². The van der Waals surface area contributed by atoms with Crippen molar-refractivity contribution in [1.29, 1.82) is 0 Å². The Morgan fingerprint density at radius 3 is 2.52 bits per heavy atom. The van der Waals surface area contributed by atoms with Gasteiger partial charge in [-0.2, -0.15) is 0 Å². The van der Waals surface area contributed by atoms with E-state index in [-0.39, 0.29) is 29.8 Å². The lowest BCUT2D eigenvalue weighted by atomic mass is 9.67. The van der Waals surface area contributed by atoms with Crippen LogP contribution in [0.15, 0.2) is 24.3 Å². The normalized spacial score (nSPS) is 26.1. The molecule has 1 saturated heterocycles. The van der Waals surface area contributed by atoms with Crippen molar-refractivity contribution in [2.24, 2.45) is 11.3 Å². The molecule has 1 saturated carbocycles. The number of urea groups is 1. The fourth-order valence-electron chi connectivity index (χ4n) is 4.36. The summed E-state index contributed by atoms with van der Waals surface area (Å²) in [6.45, 7) is 7.37. The van der Waals surface area contributed by atoms with Crippen LogP contribution in [0.3, 0.4) is 0 Å². The molecule has 1 heterocycles. The highest BCUT2D eigenvalue weighted by Crippen LogP contribution is 2.43. The Morgan fingerprint density at radius 2 is 1.93 bits per heavy atom. The molecular formula is C21H30FN3O2. The quantitative estimate of drug-likeness (QED) is 0.816. The molecule has 0 atom stereocenters. The molecule has 2 aliphatic rings. The van der Waals surface area contributed by atoms with E-state index < -0.39 is 5.54 Å². The van der Waals surface area contributed by atoms with Gasteiger partial charge in [-0.15, -0.1) is 0 Å². The summed E-state index contributed by atoms with van der Waals surface area (Å²) in [7, 11) is 1.83. The zero-order valence-corrected chi connectivity index (χ0v) is 16.7. The summed E-state index contributed by atoms with van der Waals surface area (Å²) in [5.41, 5.74) is 0.293. The molecule has 27 heavy (non-hydrogen) atoms. The Labute approximate surface area is 160 Å². The van der Waals surface area contributed by atoms with Gasteiger partial charge in [0.15, 0.2) is 0 Å². The fourth-order valence-corrected chi connectivity index (χ4v) is 4.36. The molecule has 1 aromatic carbocycles. The predicted molar refractivity (Wildman–Crippen MR) is 102 cm³/mol. The highest BCUT2D eigenvalue weighted by Gasteiger charge is 2.53. The average Bonchev–Trinajstić information content (AvgIpc) is 2.79. The van der Waals surface area contributed by atoms with Crippen LogP contribution in [-0.2, 0) is 11.3 Å². The van der Waals surface area contributed by atoms with Crippen LogP contribution in [0.2, 0.25) is 0 Å². The lowest BCUT2D eigenvalue weighted by Gasteiger charge is -2.40. The van der Waals surface area contributed by atoms with Crippen LogP contribution in [0.25, 0.3) is 0 Å². The zero-order valence-electron chi connectivity index (χ0n) is 16.7. The lowest BCUT2D eigenvalue weighted by Crippen LogP contribution is -2.51. The third kappa shape index (κ3) is 4.15. The maximum Gasteiger partial charge on any atom is 0.326 e. The summed E-state index contributed by atoms with van der Waals surface area (Å²) >= 11 is 0. The van der Waals surface area contributed by atoms with Gasteiger partial charge in [0.05, 0.1) is 6.67 Å². The van der Waals surface area contributed by atoms with Gasteiger partial charge in [-0.3, -0.25) is 9.69 Å². The van der Waals surface area contributed by atoms with Crippen molar-refractivity contribution in [3.8, 4) is 0 Å². The number of nitrogens with zero attached hydrogens (tertiary/aromatic N) is 2. The molecule has 2 fully saturated rings. The molecule has 1 N–H and O–H groups in total. The Kier molecular flexibility index (Phi) is 5.30. The predicted octanol–water partition coefficient (Wildman–Crippen LogP) is 3.74. The smallest absolute Gasteiger partial charge is 0.323 e. The van der Waals surface area contributed by atoms with E-state index in [9.17, 15) is 14.0 Å².